The quantitative estimate of drug-likeness (QED) is 0.773. The second-order valence-corrected chi connectivity index (χ2v) is 7.10. The fraction of sp³-hybridized carbons (Fsp3) is 0.318. The van der Waals surface area contributed by atoms with Crippen molar-refractivity contribution in [3.8, 4) is 0 Å². The number of carbonyl (C=O) groups excluding carboxylic acids is 2. The van der Waals surface area contributed by atoms with Crippen LogP contribution in [0.4, 0.5) is 0 Å². The van der Waals surface area contributed by atoms with Gasteiger partial charge in [0.2, 0.25) is 5.91 Å². The number of hydrogen-bond acceptors (Lipinski definition) is 3. The fourth-order valence-electron chi connectivity index (χ4n) is 3.49. The highest BCUT2D eigenvalue weighted by Crippen LogP contribution is 2.22. The van der Waals surface area contributed by atoms with E-state index in [0.29, 0.717) is 18.5 Å². The summed E-state index contributed by atoms with van der Waals surface area (Å²) in [7, 11) is 0. The van der Waals surface area contributed by atoms with E-state index in [1.807, 2.05) is 48.2 Å². The highest BCUT2D eigenvalue weighted by Gasteiger charge is 2.22. The van der Waals surface area contributed by atoms with Crippen LogP contribution in [0.5, 0.6) is 0 Å². The minimum Gasteiger partial charge on any atom is -0.481 e. The van der Waals surface area contributed by atoms with Crippen LogP contribution in [0.2, 0.25) is 0 Å². The number of hydrogen-bond donors (Lipinski definition) is 2. The maximum Gasteiger partial charge on any atom is 0.305 e. The molecule has 1 aliphatic rings. The van der Waals surface area contributed by atoms with Crippen molar-refractivity contribution in [1.82, 2.24) is 10.2 Å². The molecule has 28 heavy (non-hydrogen) atoms. The van der Waals surface area contributed by atoms with Gasteiger partial charge >= 0.3 is 5.97 Å². The summed E-state index contributed by atoms with van der Waals surface area (Å²) in [5, 5.41) is 12.1. The van der Waals surface area contributed by atoms with Crippen LogP contribution in [-0.4, -0.2) is 34.3 Å². The molecule has 1 heterocycles. The molecule has 1 aliphatic heterocycles. The molecule has 6 heteroatoms. The van der Waals surface area contributed by atoms with Crippen LogP contribution < -0.4 is 5.32 Å². The number of nitrogens with one attached hydrogen (secondary N) is 1. The van der Waals surface area contributed by atoms with Gasteiger partial charge in [0.1, 0.15) is 0 Å². The maximum atomic E-state index is 12.7. The summed E-state index contributed by atoms with van der Waals surface area (Å²) in [5.74, 6) is -1.13. The molecule has 6 nitrogen and oxygen atoms in total. The number of likely N-dealkylation sites (tertiary alicyclic amines) is 1. The number of benzene rings is 2. The van der Waals surface area contributed by atoms with Crippen LogP contribution in [-0.2, 0) is 16.1 Å². The van der Waals surface area contributed by atoms with Gasteiger partial charge in [0, 0.05) is 25.1 Å². The molecule has 2 N–H and O–H groups in total. The van der Waals surface area contributed by atoms with Gasteiger partial charge < -0.3 is 15.3 Å². The van der Waals surface area contributed by atoms with Crippen molar-refractivity contribution < 1.29 is 19.5 Å². The maximum absolute atomic E-state index is 12.7. The van der Waals surface area contributed by atoms with Gasteiger partial charge in [-0.3, -0.25) is 14.4 Å². The topological polar surface area (TPSA) is 86.7 Å². The van der Waals surface area contributed by atoms with Crippen molar-refractivity contribution in [1.29, 1.82) is 0 Å². The van der Waals surface area contributed by atoms with Crippen molar-refractivity contribution in [2.45, 2.75) is 38.8 Å². The third-order valence-electron chi connectivity index (χ3n) is 5.01. The number of carboxylic acids is 1. The van der Waals surface area contributed by atoms with E-state index in [0.717, 1.165) is 29.7 Å². The van der Waals surface area contributed by atoms with Gasteiger partial charge in [-0.25, -0.2) is 0 Å². The molecule has 0 radical (unpaired) electrons. The van der Waals surface area contributed by atoms with Gasteiger partial charge in [0.15, 0.2) is 0 Å². The second-order valence-electron chi connectivity index (χ2n) is 7.10. The van der Waals surface area contributed by atoms with Crippen molar-refractivity contribution >= 4 is 17.8 Å². The summed E-state index contributed by atoms with van der Waals surface area (Å²) < 4.78 is 0. The first-order valence-electron chi connectivity index (χ1n) is 9.39. The van der Waals surface area contributed by atoms with Crippen molar-refractivity contribution in [3.05, 3.63) is 70.8 Å². The summed E-state index contributed by atoms with van der Waals surface area (Å²) in [6.07, 6.45) is 1.30. The molecule has 1 atom stereocenters. The van der Waals surface area contributed by atoms with Crippen LogP contribution in [0.25, 0.3) is 0 Å². The summed E-state index contributed by atoms with van der Waals surface area (Å²) >= 11 is 0. The first kappa shape index (κ1) is 19.6. The molecule has 3 rings (SSSR count). The van der Waals surface area contributed by atoms with Gasteiger partial charge in [-0.15, -0.1) is 0 Å². The fourth-order valence-corrected chi connectivity index (χ4v) is 3.49. The van der Waals surface area contributed by atoms with E-state index in [9.17, 15) is 19.5 Å². The van der Waals surface area contributed by atoms with Crippen LogP contribution >= 0.6 is 0 Å². The number of aryl methyl sites for hydroxylation is 1. The van der Waals surface area contributed by atoms with E-state index in [2.05, 4.69) is 5.32 Å². The van der Waals surface area contributed by atoms with Gasteiger partial charge in [0.05, 0.1) is 12.5 Å². The summed E-state index contributed by atoms with van der Waals surface area (Å²) in [6, 6.07) is 13.9. The lowest BCUT2D eigenvalue weighted by Crippen LogP contribution is -2.30. The zero-order valence-corrected chi connectivity index (χ0v) is 15.9. The molecule has 1 unspecified atom stereocenters. The standard InChI is InChI=1S/C22H24N2O4/c1-15-5-2-3-6-18(15)19(13-21(26)27)23-22(28)17-10-8-16(9-11-17)14-24-12-4-7-20(24)25/h2-3,5-6,8-11,19H,4,7,12-14H2,1H3,(H,23,28)(H,26,27). The highest BCUT2D eigenvalue weighted by molar-refractivity contribution is 5.94. The van der Waals surface area contributed by atoms with Gasteiger partial charge in [0.25, 0.3) is 5.91 Å². The van der Waals surface area contributed by atoms with E-state index in [4.69, 9.17) is 0 Å². The van der Waals surface area contributed by atoms with Crippen LogP contribution in [0.3, 0.4) is 0 Å². The molecule has 2 amide bonds. The molecule has 0 saturated carbocycles. The molecule has 0 aromatic heterocycles. The zero-order valence-electron chi connectivity index (χ0n) is 15.9. The molecular formula is C22H24N2O4. The van der Waals surface area contributed by atoms with Crippen molar-refractivity contribution in [2.75, 3.05) is 6.54 Å². The Morgan fingerprint density at radius 2 is 1.86 bits per heavy atom. The van der Waals surface area contributed by atoms with Crippen molar-refractivity contribution in [3.63, 3.8) is 0 Å². The Hall–Kier alpha value is -3.15. The average molecular weight is 380 g/mol. The SMILES string of the molecule is Cc1ccccc1C(CC(=O)O)NC(=O)c1ccc(CN2CCCC2=O)cc1. The third kappa shape index (κ3) is 4.76. The van der Waals surface area contributed by atoms with Gasteiger partial charge in [-0.1, -0.05) is 36.4 Å². The predicted octanol–water partition coefficient (Wildman–Crippen LogP) is 3.06. The summed E-state index contributed by atoms with van der Waals surface area (Å²) in [6.45, 7) is 3.21. The van der Waals surface area contributed by atoms with Crippen LogP contribution in [0.15, 0.2) is 48.5 Å². The first-order chi connectivity index (χ1) is 13.4. The first-order valence-corrected chi connectivity index (χ1v) is 9.39. The molecule has 0 bridgehead atoms. The Balaban J connectivity index is 1.70. The molecule has 0 spiro atoms. The Morgan fingerprint density at radius 3 is 2.46 bits per heavy atom. The Bertz CT molecular complexity index is 876. The van der Waals surface area contributed by atoms with E-state index in [1.165, 1.54) is 0 Å². The second kappa shape index (κ2) is 8.69. The van der Waals surface area contributed by atoms with E-state index < -0.39 is 12.0 Å². The number of carbonyl (C=O) groups is 3. The minimum atomic E-state index is -0.973. The smallest absolute Gasteiger partial charge is 0.305 e. The van der Waals surface area contributed by atoms with Gasteiger partial charge in [-0.05, 0) is 42.2 Å². The molecule has 146 valence electrons. The molecule has 1 saturated heterocycles. The monoisotopic (exact) mass is 380 g/mol. The predicted molar refractivity (Wildman–Crippen MR) is 105 cm³/mol. The van der Waals surface area contributed by atoms with Crippen LogP contribution in [0.1, 0.15) is 52.4 Å². The average Bonchev–Trinajstić information content (AvgIpc) is 3.06. The lowest BCUT2D eigenvalue weighted by atomic mass is 9.98. The normalized spacial score (nSPS) is 14.8. The number of aliphatic carboxylic acids is 1. The van der Waals surface area contributed by atoms with Crippen LogP contribution in [0, 0.1) is 6.92 Å². The molecule has 0 aliphatic carbocycles. The number of rotatable bonds is 7. The van der Waals surface area contributed by atoms with Crippen molar-refractivity contribution in [2.24, 2.45) is 0 Å². The van der Waals surface area contributed by atoms with E-state index in [1.54, 1.807) is 12.1 Å². The largest absolute Gasteiger partial charge is 0.481 e. The number of carboxylic acid groups (broad SMARTS) is 1. The zero-order chi connectivity index (χ0) is 20.1. The highest BCUT2D eigenvalue weighted by atomic mass is 16.4. The third-order valence-corrected chi connectivity index (χ3v) is 5.01. The summed E-state index contributed by atoms with van der Waals surface area (Å²) in [4.78, 5) is 37.5. The molecular weight excluding hydrogens is 356 g/mol. The van der Waals surface area contributed by atoms with E-state index in [-0.39, 0.29) is 18.2 Å². The Labute approximate surface area is 164 Å². The lowest BCUT2D eigenvalue weighted by Gasteiger charge is -2.20. The molecule has 1 fully saturated rings. The lowest BCUT2D eigenvalue weighted by molar-refractivity contribution is -0.137. The van der Waals surface area contributed by atoms with Gasteiger partial charge in [-0.2, -0.15) is 0 Å². The summed E-state index contributed by atoms with van der Waals surface area (Å²) in [5.41, 5.74) is 3.15. The number of nitrogens with zero attached hydrogens (tertiary/aromatic N) is 1. The molecule has 2 aromatic rings. The number of amides is 2. The Morgan fingerprint density at radius 1 is 1.14 bits per heavy atom. The molecule has 2 aromatic carbocycles. The van der Waals surface area contributed by atoms with E-state index >= 15 is 0 Å². The Kier molecular flexibility index (Phi) is 6.09. The minimum absolute atomic E-state index is 0.163.